The van der Waals surface area contributed by atoms with Crippen molar-refractivity contribution < 1.29 is 9.53 Å². The molecular weight excluding hydrogens is 319 g/mol. The molecule has 0 spiro atoms. The SMILES string of the molecule is O=C(Cc1ccc(Cl)cc1)OCc1ccc(Cl)c(Cl)c1. The zero-order chi connectivity index (χ0) is 14.5. The van der Waals surface area contributed by atoms with Crippen molar-refractivity contribution in [3.63, 3.8) is 0 Å². The molecule has 2 aromatic carbocycles. The van der Waals surface area contributed by atoms with Crippen LogP contribution >= 0.6 is 34.8 Å². The summed E-state index contributed by atoms with van der Waals surface area (Å²) >= 11 is 17.5. The molecule has 2 rings (SSSR count). The molecule has 0 heterocycles. The second kappa shape index (κ2) is 6.98. The quantitative estimate of drug-likeness (QED) is 0.743. The van der Waals surface area contributed by atoms with E-state index in [2.05, 4.69) is 0 Å². The first-order chi connectivity index (χ1) is 9.54. The predicted octanol–water partition coefficient (Wildman–Crippen LogP) is 4.93. The molecule has 5 heteroatoms. The number of benzene rings is 2. The largest absolute Gasteiger partial charge is 0.461 e. The van der Waals surface area contributed by atoms with Gasteiger partial charge in [0.15, 0.2) is 0 Å². The van der Waals surface area contributed by atoms with E-state index in [4.69, 9.17) is 39.5 Å². The zero-order valence-electron chi connectivity index (χ0n) is 10.4. The van der Waals surface area contributed by atoms with E-state index in [1.165, 1.54) is 0 Å². The molecule has 0 aliphatic carbocycles. The fourth-order valence-electron chi connectivity index (χ4n) is 1.61. The van der Waals surface area contributed by atoms with E-state index in [0.717, 1.165) is 11.1 Å². The predicted molar refractivity (Wildman–Crippen MR) is 81.4 cm³/mol. The molecule has 0 amide bonds. The van der Waals surface area contributed by atoms with E-state index in [0.29, 0.717) is 15.1 Å². The zero-order valence-corrected chi connectivity index (χ0v) is 12.7. The summed E-state index contributed by atoms with van der Waals surface area (Å²) in [7, 11) is 0. The fraction of sp³-hybridized carbons (Fsp3) is 0.133. The summed E-state index contributed by atoms with van der Waals surface area (Å²) in [5, 5.41) is 1.55. The highest BCUT2D eigenvalue weighted by Gasteiger charge is 2.06. The monoisotopic (exact) mass is 328 g/mol. The fourth-order valence-corrected chi connectivity index (χ4v) is 2.06. The number of carbonyl (C=O) groups is 1. The van der Waals surface area contributed by atoms with Gasteiger partial charge >= 0.3 is 5.97 Å². The van der Waals surface area contributed by atoms with Crippen molar-refractivity contribution in [2.45, 2.75) is 13.0 Å². The Bertz CT molecular complexity index is 609. The summed E-state index contributed by atoms with van der Waals surface area (Å²) in [6.45, 7) is 0.170. The summed E-state index contributed by atoms with van der Waals surface area (Å²) in [5.41, 5.74) is 1.65. The van der Waals surface area contributed by atoms with Crippen LogP contribution in [0.2, 0.25) is 15.1 Å². The molecule has 0 unspecified atom stereocenters. The molecule has 0 aliphatic heterocycles. The number of hydrogen-bond donors (Lipinski definition) is 0. The van der Waals surface area contributed by atoms with Crippen molar-refractivity contribution >= 4 is 40.8 Å². The summed E-state index contributed by atoms with van der Waals surface area (Å²) in [6.07, 6.45) is 0.207. The van der Waals surface area contributed by atoms with Crippen LogP contribution in [0.5, 0.6) is 0 Å². The minimum Gasteiger partial charge on any atom is -0.461 e. The summed E-state index contributed by atoms with van der Waals surface area (Å²) < 4.78 is 5.18. The van der Waals surface area contributed by atoms with Gasteiger partial charge in [0, 0.05) is 5.02 Å². The standard InChI is InChI=1S/C15H11Cl3O2/c16-12-4-1-10(2-5-12)8-15(19)20-9-11-3-6-13(17)14(18)7-11/h1-7H,8-9H2. The van der Waals surface area contributed by atoms with Gasteiger partial charge in [0.05, 0.1) is 16.5 Å². The van der Waals surface area contributed by atoms with Crippen LogP contribution < -0.4 is 0 Å². The van der Waals surface area contributed by atoms with Gasteiger partial charge in [0.2, 0.25) is 0 Å². The van der Waals surface area contributed by atoms with Gasteiger partial charge in [0.25, 0.3) is 0 Å². The van der Waals surface area contributed by atoms with Gasteiger partial charge in [-0.3, -0.25) is 4.79 Å². The molecule has 0 aliphatic rings. The van der Waals surface area contributed by atoms with Gasteiger partial charge < -0.3 is 4.74 Å². The molecule has 0 fully saturated rings. The topological polar surface area (TPSA) is 26.3 Å². The van der Waals surface area contributed by atoms with Gasteiger partial charge in [-0.2, -0.15) is 0 Å². The molecule has 0 N–H and O–H groups in total. The van der Waals surface area contributed by atoms with Gasteiger partial charge in [-0.25, -0.2) is 0 Å². The van der Waals surface area contributed by atoms with Gasteiger partial charge in [-0.1, -0.05) is 53.0 Å². The minimum atomic E-state index is -0.307. The van der Waals surface area contributed by atoms with Gasteiger partial charge in [-0.05, 0) is 35.4 Å². The van der Waals surface area contributed by atoms with E-state index in [1.54, 1.807) is 42.5 Å². The Morgan fingerprint density at radius 3 is 2.20 bits per heavy atom. The van der Waals surface area contributed by atoms with Crippen molar-refractivity contribution in [2.75, 3.05) is 0 Å². The Morgan fingerprint density at radius 1 is 0.900 bits per heavy atom. The molecule has 0 aromatic heterocycles. The Morgan fingerprint density at radius 2 is 1.55 bits per heavy atom. The first-order valence-corrected chi connectivity index (χ1v) is 7.02. The molecule has 20 heavy (non-hydrogen) atoms. The molecule has 0 atom stereocenters. The minimum absolute atomic E-state index is 0.170. The first-order valence-electron chi connectivity index (χ1n) is 5.88. The molecule has 0 bridgehead atoms. The van der Waals surface area contributed by atoms with Gasteiger partial charge in [0.1, 0.15) is 6.61 Å². The van der Waals surface area contributed by atoms with Crippen molar-refractivity contribution in [1.82, 2.24) is 0 Å². The van der Waals surface area contributed by atoms with Crippen LogP contribution in [0, 0.1) is 0 Å². The lowest BCUT2D eigenvalue weighted by molar-refractivity contribution is -0.144. The molecular formula is C15H11Cl3O2. The van der Waals surface area contributed by atoms with Crippen molar-refractivity contribution in [1.29, 1.82) is 0 Å². The maximum Gasteiger partial charge on any atom is 0.310 e. The van der Waals surface area contributed by atoms with Crippen molar-refractivity contribution in [2.24, 2.45) is 0 Å². The molecule has 2 aromatic rings. The molecule has 0 saturated carbocycles. The highest BCUT2D eigenvalue weighted by atomic mass is 35.5. The third-order valence-corrected chi connectivity index (χ3v) is 3.64. The van der Waals surface area contributed by atoms with Gasteiger partial charge in [-0.15, -0.1) is 0 Å². The second-order valence-corrected chi connectivity index (χ2v) is 5.46. The van der Waals surface area contributed by atoms with Crippen molar-refractivity contribution in [3.8, 4) is 0 Å². The number of carbonyl (C=O) groups excluding carboxylic acids is 1. The summed E-state index contributed by atoms with van der Waals surface area (Å²) in [6, 6.07) is 12.2. The average molecular weight is 330 g/mol. The number of hydrogen-bond acceptors (Lipinski definition) is 2. The van der Waals surface area contributed by atoms with E-state index < -0.39 is 0 Å². The third kappa shape index (κ3) is 4.41. The lowest BCUT2D eigenvalue weighted by Crippen LogP contribution is -2.07. The van der Waals surface area contributed by atoms with Crippen LogP contribution in [0.4, 0.5) is 0 Å². The van der Waals surface area contributed by atoms with E-state index >= 15 is 0 Å². The van der Waals surface area contributed by atoms with Crippen LogP contribution in [-0.2, 0) is 22.6 Å². The van der Waals surface area contributed by atoms with E-state index in [1.807, 2.05) is 0 Å². The molecule has 0 radical (unpaired) electrons. The van der Waals surface area contributed by atoms with E-state index in [-0.39, 0.29) is 19.0 Å². The maximum absolute atomic E-state index is 11.7. The van der Waals surface area contributed by atoms with E-state index in [9.17, 15) is 4.79 Å². The third-order valence-electron chi connectivity index (χ3n) is 2.65. The number of esters is 1. The summed E-state index contributed by atoms with van der Waals surface area (Å²) in [4.78, 5) is 11.7. The van der Waals surface area contributed by atoms with Crippen LogP contribution in [0.25, 0.3) is 0 Å². The smallest absolute Gasteiger partial charge is 0.310 e. The van der Waals surface area contributed by atoms with Crippen molar-refractivity contribution in [3.05, 3.63) is 68.7 Å². The second-order valence-electron chi connectivity index (χ2n) is 4.21. The number of rotatable bonds is 4. The van der Waals surface area contributed by atoms with Crippen LogP contribution in [0.15, 0.2) is 42.5 Å². The van der Waals surface area contributed by atoms with Crippen LogP contribution in [0.1, 0.15) is 11.1 Å². The first kappa shape index (κ1) is 15.2. The molecule has 2 nitrogen and oxygen atoms in total. The maximum atomic E-state index is 11.7. The average Bonchev–Trinajstić information content (AvgIpc) is 2.43. The summed E-state index contributed by atoms with van der Waals surface area (Å²) in [5.74, 6) is -0.307. The van der Waals surface area contributed by atoms with Crippen LogP contribution in [0.3, 0.4) is 0 Å². The Hall–Kier alpha value is -1.22. The molecule has 0 saturated heterocycles. The Balaban J connectivity index is 1.88. The number of halogens is 3. The molecule has 104 valence electrons. The Labute approximate surface area is 132 Å². The highest BCUT2D eigenvalue weighted by Crippen LogP contribution is 2.23. The Kier molecular flexibility index (Phi) is 5.30. The normalized spacial score (nSPS) is 10.3. The van der Waals surface area contributed by atoms with Crippen LogP contribution in [-0.4, -0.2) is 5.97 Å². The lowest BCUT2D eigenvalue weighted by Gasteiger charge is -2.06. The number of ether oxygens (including phenoxy) is 1. The lowest BCUT2D eigenvalue weighted by atomic mass is 10.1. The highest BCUT2D eigenvalue weighted by molar-refractivity contribution is 6.42.